The Morgan fingerprint density at radius 1 is 1.17 bits per heavy atom. The number of nitrogens with two attached hydrogens (primary N) is 1. The van der Waals surface area contributed by atoms with Crippen molar-refractivity contribution in [2.75, 3.05) is 29.4 Å². The molecule has 2 heterocycles. The number of benzene rings is 1. The highest BCUT2D eigenvalue weighted by Gasteiger charge is 2.29. The molecular formula is C18H21F2N3. The summed E-state index contributed by atoms with van der Waals surface area (Å²) in [6.45, 7) is 9.50. The Balaban J connectivity index is 1.91. The largest absolute Gasteiger partial charge is 0.345 e. The second-order valence-electron chi connectivity index (χ2n) is 6.13. The first kappa shape index (κ1) is 15.7. The summed E-state index contributed by atoms with van der Waals surface area (Å²) in [6, 6.07) is 3.24. The number of hydrogen-bond donors (Lipinski definition) is 1. The van der Waals surface area contributed by atoms with Gasteiger partial charge in [-0.05, 0) is 43.5 Å². The number of hydrogen-bond acceptors (Lipinski definition) is 3. The van der Waals surface area contributed by atoms with Crippen molar-refractivity contribution in [3.8, 4) is 0 Å². The molecule has 1 saturated heterocycles. The van der Waals surface area contributed by atoms with Crippen molar-refractivity contribution in [2.45, 2.75) is 12.8 Å². The van der Waals surface area contributed by atoms with Gasteiger partial charge >= 0.3 is 0 Å². The van der Waals surface area contributed by atoms with E-state index in [1.807, 2.05) is 6.08 Å². The molecule has 23 heavy (non-hydrogen) atoms. The van der Waals surface area contributed by atoms with Crippen LogP contribution in [0.2, 0.25) is 0 Å². The molecule has 0 bridgehead atoms. The lowest BCUT2D eigenvalue weighted by atomic mass is 10.1. The third-order valence-electron chi connectivity index (χ3n) is 4.49. The summed E-state index contributed by atoms with van der Waals surface area (Å²) in [5.74, 6) is -1.43. The molecule has 122 valence electrons. The van der Waals surface area contributed by atoms with Crippen LogP contribution >= 0.6 is 0 Å². The quantitative estimate of drug-likeness (QED) is 0.925. The molecule has 1 aromatic rings. The number of allylic oxidation sites excluding steroid dienone is 2. The van der Waals surface area contributed by atoms with Crippen molar-refractivity contribution in [2.24, 2.45) is 11.7 Å². The van der Waals surface area contributed by atoms with Crippen LogP contribution in [-0.4, -0.2) is 19.6 Å². The first-order chi connectivity index (χ1) is 11.0. The normalized spacial score (nSPS) is 21.4. The van der Waals surface area contributed by atoms with E-state index in [4.69, 9.17) is 5.73 Å². The van der Waals surface area contributed by atoms with Crippen LogP contribution in [0.1, 0.15) is 12.8 Å². The van der Waals surface area contributed by atoms with Gasteiger partial charge in [-0.3, -0.25) is 0 Å². The number of rotatable bonds is 3. The number of halogens is 2. The predicted molar refractivity (Wildman–Crippen MR) is 90.2 cm³/mol. The van der Waals surface area contributed by atoms with Gasteiger partial charge in [0.1, 0.15) is 0 Å². The molecule has 2 aliphatic rings. The maximum absolute atomic E-state index is 14.6. The summed E-state index contributed by atoms with van der Waals surface area (Å²) in [6.07, 6.45) is 5.02. The Morgan fingerprint density at radius 2 is 1.87 bits per heavy atom. The van der Waals surface area contributed by atoms with Gasteiger partial charge in [-0.1, -0.05) is 18.7 Å². The van der Waals surface area contributed by atoms with Crippen LogP contribution in [0.25, 0.3) is 0 Å². The van der Waals surface area contributed by atoms with Crippen LogP contribution in [0.5, 0.6) is 0 Å². The van der Waals surface area contributed by atoms with Crippen molar-refractivity contribution in [1.82, 2.24) is 0 Å². The van der Waals surface area contributed by atoms with Gasteiger partial charge in [-0.25, -0.2) is 8.78 Å². The Labute approximate surface area is 135 Å². The fourth-order valence-electron chi connectivity index (χ4n) is 3.10. The molecule has 0 aliphatic carbocycles. The Hall–Kier alpha value is -2.14. The standard InChI is InChI=1S/C18H21F2N3/c1-12-5-7-22(8-6-12)15-3-4-16(18(20)17(15)19)23-11-14(10-21)9-13(23)2/h3-5,7,14H,1-2,6,8-11,21H2. The van der Waals surface area contributed by atoms with Crippen molar-refractivity contribution in [3.63, 3.8) is 0 Å². The summed E-state index contributed by atoms with van der Waals surface area (Å²) in [5, 5.41) is 0. The topological polar surface area (TPSA) is 32.5 Å². The lowest BCUT2D eigenvalue weighted by Crippen LogP contribution is -2.25. The third kappa shape index (κ3) is 2.88. The molecule has 0 aromatic heterocycles. The molecule has 2 N–H and O–H groups in total. The van der Waals surface area contributed by atoms with Gasteiger partial charge in [0.2, 0.25) is 0 Å². The lowest BCUT2D eigenvalue weighted by Gasteiger charge is -2.27. The molecule has 1 aromatic carbocycles. The predicted octanol–water partition coefficient (Wildman–Crippen LogP) is 3.54. The van der Waals surface area contributed by atoms with Gasteiger partial charge in [-0.2, -0.15) is 0 Å². The Kier molecular flexibility index (Phi) is 4.22. The van der Waals surface area contributed by atoms with Crippen LogP contribution < -0.4 is 15.5 Å². The second kappa shape index (κ2) is 6.16. The van der Waals surface area contributed by atoms with Gasteiger partial charge < -0.3 is 15.5 Å². The van der Waals surface area contributed by atoms with Gasteiger partial charge in [-0.15, -0.1) is 0 Å². The second-order valence-corrected chi connectivity index (χ2v) is 6.13. The molecule has 1 fully saturated rings. The van der Waals surface area contributed by atoms with E-state index in [9.17, 15) is 8.78 Å². The van der Waals surface area contributed by atoms with Gasteiger partial charge in [0.25, 0.3) is 0 Å². The molecule has 1 unspecified atom stereocenters. The zero-order chi connectivity index (χ0) is 16.6. The zero-order valence-electron chi connectivity index (χ0n) is 13.1. The van der Waals surface area contributed by atoms with Crippen molar-refractivity contribution in [1.29, 1.82) is 0 Å². The van der Waals surface area contributed by atoms with Crippen LogP contribution in [0.15, 0.2) is 48.8 Å². The SMILES string of the molecule is C=C1C=CN(c2ccc(N3CC(CN)CC3=C)c(F)c2F)CC1. The first-order valence-electron chi connectivity index (χ1n) is 7.77. The summed E-state index contributed by atoms with van der Waals surface area (Å²) < 4.78 is 29.1. The smallest absolute Gasteiger partial charge is 0.184 e. The van der Waals surface area contributed by atoms with E-state index in [0.29, 0.717) is 19.6 Å². The molecule has 0 amide bonds. The third-order valence-corrected chi connectivity index (χ3v) is 4.49. The monoisotopic (exact) mass is 317 g/mol. The average molecular weight is 317 g/mol. The van der Waals surface area contributed by atoms with Crippen LogP contribution in [0, 0.1) is 17.6 Å². The highest BCUT2D eigenvalue weighted by atomic mass is 19.2. The minimum Gasteiger partial charge on any atom is -0.345 e. The average Bonchev–Trinajstić information content (AvgIpc) is 2.92. The Morgan fingerprint density at radius 3 is 2.48 bits per heavy atom. The molecule has 3 rings (SSSR count). The maximum atomic E-state index is 14.6. The molecule has 5 heteroatoms. The first-order valence-corrected chi connectivity index (χ1v) is 7.77. The minimum absolute atomic E-state index is 0.234. The molecule has 2 aliphatic heterocycles. The van der Waals surface area contributed by atoms with Gasteiger partial charge in [0, 0.05) is 25.0 Å². The van der Waals surface area contributed by atoms with Crippen LogP contribution in [0.4, 0.5) is 20.2 Å². The van der Waals surface area contributed by atoms with E-state index < -0.39 is 11.6 Å². The van der Waals surface area contributed by atoms with Crippen molar-refractivity contribution >= 4 is 11.4 Å². The molecule has 0 saturated carbocycles. The summed E-state index contributed by atoms with van der Waals surface area (Å²) in [7, 11) is 0. The number of nitrogens with zero attached hydrogens (tertiary/aromatic N) is 2. The van der Waals surface area contributed by atoms with E-state index in [-0.39, 0.29) is 17.3 Å². The number of anilines is 2. The summed E-state index contributed by atoms with van der Waals surface area (Å²) in [5.41, 5.74) is 7.92. The van der Waals surface area contributed by atoms with E-state index in [2.05, 4.69) is 13.2 Å². The van der Waals surface area contributed by atoms with Crippen molar-refractivity contribution < 1.29 is 8.78 Å². The van der Waals surface area contributed by atoms with Gasteiger partial charge in [0.05, 0.1) is 11.4 Å². The molecular weight excluding hydrogens is 296 g/mol. The lowest BCUT2D eigenvalue weighted by molar-refractivity contribution is 0.507. The molecule has 0 spiro atoms. The van der Waals surface area contributed by atoms with Crippen molar-refractivity contribution in [3.05, 3.63) is 60.5 Å². The van der Waals surface area contributed by atoms with Crippen LogP contribution in [0.3, 0.4) is 0 Å². The summed E-state index contributed by atoms with van der Waals surface area (Å²) in [4.78, 5) is 3.44. The fraction of sp³-hybridized carbons (Fsp3) is 0.333. The molecule has 0 radical (unpaired) electrons. The molecule has 1 atom stereocenters. The van der Waals surface area contributed by atoms with E-state index in [1.165, 1.54) is 0 Å². The van der Waals surface area contributed by atoms with E-state index in [0.717, 1.165) is 24.1 Å². The summed E-state index contributed by atoms with van der Waals surface area (Å²) >= 11 is 0. The minimum atomic E-state index is -0.834. The van der Waals surface area contributed by atoms with Crippen LogP contribution in [-0.2, 0) is 0 Å². The Bertz CT molecular complexity index is 681. The van der Waals surface area contributed by atoms with Gasteiger partial charge in [0.15, 0.2) is 11.6 Å². The highest BCUT2D eigenvalue weighted by molar-refractivity contribution is 5.63. The molecule has 3 nitrogen and oxygen atoms in total. The zero-order valence-corrected chi connectivity index (χ0v) is 13.1. The maximum Gasteiger partial charge on any atom is 0.184 e. The highest BCUT2D eigenvalue weighted by Crippen LogP contribution is 2.36. The fourth-order valence-corrected chi connectivity index (χ4v) is 3.10. The van der Waals surface area contributed by atoms with E-state index in [1.54, 1.807) is 28.1 Å². The van der Waals surface area contributed by atoms with E-state index >= 15 is 0 Å².